The summed E-state index contributed by atoms with van der Waals surface area (Å²) in [7, 11) is -2.01. The average Bonchev–Trinajstić information content (AvgIpc) is 3.05. The molecule has 3 aromatic rings. The van der Waals surface area contributed by atoms with Crippen LogP contribution in [0, 0.1) is 13.8 Å². The molecule has 7 nitrogen and oxygen atoms in total. The summed E-state index contributed by atoms with van der Waals surface area (Å²) in [5.74, 6) is -0.403. The van der Waals surface area contributed by atoms with Gasteiger partial charge < -0.3 is 5.32 Å². The first kappa shape index (κ1) is 22.5. The quantitative estimate of drug-likeness (QED) is 0.529. The van der Waals surface area contributed by atoms with Gasteiger partial charge in [0.1, 0.15) is 0 Å². The summed E-state index contributed by atoms with van der Waals surface area (Å²) < 4.78 is 27.9. The molecule has 2 N–H and O–H groups in total. The van der Waals surface area contributed by atoms with Crippen molar-refractivity contribution in [2.24, 2.45) is 0 Å². The number of carbonyl (C=O) groups excluding carboxylic acids is 1. The zero-order chi connectivity index (χ0) is 22.4. The minimum Gasteiger partial charge on any atom is -0.348 e. The predicted octanol–water partition coefficient (Wildman–Crippen LogP) is 2.87. The Bertz CT molecular complexity index is 1200. The van der Waals surface area contributed by atoms with Crippen LogP contribution in [0.2, 0.25) is 0 Å². The lowest BCUT2D eigenvalue weighted by atomic mass is 10.1. The van der Waals surface area contributed by atoms with Crippen LogP contribution in [0.4, 0.5) is 0 Å². The van der Waals surface area contributed by atoms with Crippen molar-refractivity contribution in [3.63, 3.8) is 0 Å². The van der Waals surface area contributed by atoms with Crippen LogP contribution >= 0.6 is 0 Å². The highest BCUT2D eigenvalue weighted by Gasteiger charge is 2.13. The Balaban J connectivity index is 1.70. The lowest BCUT2D eigenvalue weighted by molar-refractivity contribution is -0.116. The molecular weight excluding hydrogens is 412 g/mol. The number of sulfonamides is 1. The molecule has 162 valence electrons. The molecule has 2 aromatic carbocycles. The lowest BCUT2D eigenvalue weighted by Crippen LogP contribution is -2.24. The lowest BCUT2D eigenvalue weighted by Gasteiger charge is -2.10. The standard InChI is InChI=1S/C23H26N4O3S/c1-17-22(18(2)27(26-17)21-11-5-4-6-12-21)13-14-23(28)25-15-19-9-7-8-10-20(19)16-31(29,30)24-3/h4-14,24H,15-16H2,1-3H3,(H,25,28). The third kappa shape index (κ3) is 5.68. The number of benzene rings is 2. The van der Waals surface area contributed by atoms with Crippen LogP contribution < -0.4 is 10.0 Å². The molecular formula is C23H26N4O3S. The van der Waals surface area contributed by atoms with E-state index in [1.54, 1.807) is 18.2 Å². The molecule has 0 bridgehead atoms. The number of aromatic nitrogens is 2. The fourth-order valence-electron chi connectivity index (χ4n) is 3.26. The molecule has 0 fully saturated rings. The largest absolute Gasteiger partial charge is 0.348 e. The van der Waals surface area contributed by atoms with Crippen LogP contribution in [0.3, 0.4) is 0 Å². The van der Waals surface area contributed by atoms with Gasteiger partial charge in [-0.3, -0.25) is 4.79 Å². The molecule has 1 heterocycles. The van der Waals surface area contributed by atoms with Crippen molar-refractivity contribution in [3.8, 4) is 5.69 Å². The van der Waals surface area contributed by atoms with Crippen molar-refractivity contribution in [2.75, 3.05) is 7.05 Å². The number of hydrogen-bond acceptors (Lipinski definition) is 4. The molecule has 0 saturated carbocycles. The van der Waals surface area contributed by atoms with Crippen LogP contribution in [-0.2, 0) is 27.1 Å². The van der Waals surface area contributed by atoms with E-state index < -0.39 is 10.0 Å². The van der Waals surface area contributed by atoms with Crippen LogP contribution in [0.15, 0.2) is 60.7 Å². The van der Waals surface area contributed by atoms with Gasteiger partial charge in [0.2, 0.25) is 15.9 Å². The topological polar surface area (TPSA) is 93.1 Å². The maximum atomic E-state index is 12.4. The van der Waals surface area contributed by atoms with Gasteiger partial charge in [0.15, 0.2) is 0 Å². The number of nitrogens with zero attached hydrogens (tertiary/aromatic N) is 2. The first-order valence-corrected chi connectivity index (χ1v) is 11.5. The maximum absolute atomic E-state index is 12.4. The maximum Gasteiger partial charge on any atom is 0.244 e. The molecule has 0 unspecified atom stereocenters. The molecule has 0 spiro atoms. The molecule has 3 rings (SSSR count). The van der Waals surface area contributed by atoms with Gasteiger partial charge in [-0.05, 0) is 50.2 Å². The van der Waals surface area contributed by atoms with Crippen molar-refractivity contribution in [3.05, 3.63) is 88.8 Å². The van der Waals surface area contributed by atoms with E-state index >= 15 is 0 Å². The smallest absolute Gasteiger partial charge is 0.244 e. The van der Waals surface area contributed by atoms with E-state index in [1.807, 2.05) is 61.0 Å². The minimum absolute atomic E-state index is 0.136. The highest BCUT2D eigenvalue weighted by atomic mass is 32.2. The van der Waals surface area contributed by atoms with Gasteiger partial charge in [0.05, 0.1) is 17.1 Å². The molecule has 0 atom stereocenters. The Morgan fingerprint density at radius 2 is 1.68 bits per heavy atom. The molecule has 31 heavy (non-hydrogen) atoms. The van der Waals surface area contributed by atoms with Crippen LogP contribution in [0.1, 0.15) is 28.1 Å². The summed E-state index contributed by atoms with van der Waals surface area (Å²) in [5.41, 5.74) is 5.02. The summed E-state index contributed by atoms with van der Waals surface area (Å²) in [6.07, 6.45) is 3.23. The van der Waals surface area contributed by atoms with Gasteiger partial charge in [-0.2, -0.15) is 5.10 Å². The predicted molar refractivity (Wildman–Crippen MR) is 122 cm³/mol. The second-order valence-electron chi connectivity index (χ2n) is 7.11. The number of hydrogen-bond donors (Lipinski definition) is 2. The number of rotatable bonds is 8. The number of carbonyl (C=O) groups is 1. The van der Waals surface area contributed by atoms with E-state index in [0.29, 0.717) is 5.56 Å². The first-order chi connectivity index (χ1) is 14.8. The number of para-hydroxylation sites is 1. The zero-order valence-corrected chi connectivity index (χ0v) is 18.6. The molecule has 0 aliphatic carbocycles. The van der Waals surface area contributed by atoms with E-state index in [1.165, 1.54) is 13.1 Å². The van der Waals surface area contributed by atoms with E-state index in [9.17, 15) is 13.2 Å². The number of nitrogens with one attached hydrogen (secondary N) is 2. The summed E-state index contributed by atoms with van der Waals surface area (Å²) in [4.78, 5) is 12.4. The number of amides is 1. The van der Waals surface area contributed by atoms with Crippen molar-refractivity contribution in [1.82, 2.24) is 19.8 Å². The highest BCUT2D eigenvalue weighted by molar-refractivity contribution is 7.88. The van der Waals surface area contributed by atoms with Crippen LogP contribution in [-0.4, -0.2) is 31.2 Å². The molecule has 1 amide bonds. The first-order valence-electron chi connectivity index (χ1n) is 9.86. The fourth-order valence-corrected chi connectivity index (χ4v) is 4.10. The Hall–Kier alpha value is -3.23. The summed E-state index contributed by atoms with van der Waals surface area (Å²) in [5, 5.41) is 7.40. The van der Waals surface area contributed by atoms with Crippen molar-refractivity contribution in [1.29, 1.82) is 0 Å². The third-order valence-electron chi connectivity index (χ3n) is 4.98. The molecule has 0 radical (unpaired) electrons. The van der Waals surface area contributed by atoms with Gasteiger partial charge in [0.25, 0.3) is 0 Å². The zero-order valence-electron chi connectivity index (χ0n) is 17.8. The Labute approximate surface area is 182 Å². The number of aryl methyl sites for hydroxylation is 1. The fraction of sp³-hybridized carbons (Fsp3) is 0.217. The average molecular weight is 439 g/mol. The molecule has 0 aliphatic rings. The monoisotopic (exact) mass is 438 g/mol. The SMILES string of the molecule is CNS(=O)(=O)Cc1ccccc1CNC(=O)C=Cc1c(C)nn(-c2ccccc2)c1C. The Morgan fingerprint density at radius 1 is 1.03 bits per heavy atom. The van der Waals surface area contributed by atoms with E-state index in [4.69, 9.17) is 0 Å². The summed E-state index contributed by atoms with van der Waals surface area (Å²) in [6.45, 7) is 4.10. The summed E-state index contributed by atoms with van der Waals surface area (Å²) in [6, 6.07) is 17.0. The minimum atomic E-state index is -3.40. The Morgan fingerprint density at radius 3 is 2.35 bits per heavy atom. The second-order valence-corrected chi connectivity index (χ2v) is 9.04. The van der Waals surface area contributed by atoms with Gasteiger partial charge in [-0.1, -0.05) is 42.5 Å². The third-order valence-corrected chi connectivity index (χ3v) is 6.29. The van der Waals surface area contributed by atoms with Crippen LogP contribution in [0.25, 0.3) is 11.8 Å². The highest BCUT2D eigenvalue weighted by Crippen LogP contribution is 2.19. The summed E-state index contributed by atoms with van der Waals surface area (Å²) >= 11 is 0. The van der Waals surface area contributed by atoms with E-state index in [-0.39, 0.29) is 18.2 Å². The molecule has 0 aliphatic heterocycles. The van der Waals surface area contributed by atoms with Gasteiger partial charge in [-0.25, -0.2) is 17.8 Å². The van der Waals surface area contributed by atoms with Gasteiger partial charge >= 0.3 is 0 Å². The van der Waals surface area contributed by atoms with Crippen molar-refractivity contribution in [2.45, 2.75) is 26.1 Å². The molecule has 1 aromatic heterocycles. The molecule has 8 heteroatoms. The van der Waals surface area contributed by atoms with Gasteiger partial charge in [0, 0.05) is 23.9 Å². The van der Waals surface area contributed by atoms with Gasteiger partial charge in [-0.15, -0.1) is 0 Å². The Kier molecular flexibility index (Phi) is 7.04. The molecule has 0 saturated heterocycles. The van der Waals surface area contributed by atoms with E-state index in [0.717, 1.165) is 28.2 Å². The van der Waals surface area contributed by atoms with Crippen molar-refractivity contribution < 1.29 is 13.2 Å². The second kappa shape index (κ2) is 9.72. The normalized spacial score (nSPS) is 11.7. The van der Waals surface area contributed by atoms with Crippen LogP contribution in [0.5, 0.6) is 0 Å². The van der Waals surface area contributed by atoms with E-state index in [2.05, 4.69) is 15.1 Å². The van der Waals surface area contributed by atoms with Crippen molar-refractivity contribution >= 4 is 22.0 Å².